The highest BCUT2D eigenvalue weighted by Gasteiger charge is 2.26. The topological polar surface area (TPSA) is 101 Å². The minimum absolute atomic E-state index is 0.0733. The average Bonchev–Trinajstić information content (AvgIpc) is 2.77. The molecule has 0 saturated heterocycles. The number of hydrogen-bond acceptors (Lipinski definition) is 5. The molecule has 0 saturated carbocycles. The lowest BCUT2D eigenvalue weighted by Crippen LogP contribution is -2.27. The number of rotatable bonds is 5. The Morgan fingerprint density at radius 1 is 1.27 bits per heavy atom. The summed E-state index contributed by atoms with van der Waals surface area (Å²) in [5.41, 5.74) is 1.41. The summed E-state index contributed by atoms with van der Waals surface area (Å²) in [7, 11) is -2.34. The Hall–Kier alpha value is -2.35. The Morgan fingerprint density at radius 2 is 1.86 bits per heavy atom. The monoisotopic (exact) mass is 324 g/mol. The maximum atomic E-state index is 12.6. The number of aromatic nitrogens is 1. The van der Waals surface area contributed by atoms with E-state index in [0.29, 0.717) is 22.7 Å². The SMILES string of the molecule is Cc1noc(C)c1N(C)S(=O)(=O)c1ccc(CC(=O)O)cc1. The van der Waals surface area contributed by atoms with E-state index in [1.165, 1.54) is 31.3 Å². The molecule has 0 radical (unpaired) electrons. The third-order valence-electron chi connectivity index (χ3n) is 3.25. The van der Waals surface area contributed by atoms with E-state index in [2.05, 4.69) is 5.16 Å². The normalized spacial score (nSPS) is 11.4. The highest BCUT2D eigenvalue weighted by molar-refractivity contribution is 7.92. The first-order chi connectivity index (χ1) is 10.2. The van der Waals surface area contributed by atoms with E-state index in [0.717, 1.165) is 4.31 Å². The second kappa shape index (κ2) is 5.80. The molecule has 22 heavy (non-hydrogen) atoms. The van der Waals surface area contributed by atoms with Crippen LogP contribution in [0.15, 0.2) is 33.7 Å². The van der Waals surface area contributed by atoms with Gasteiger partial charge in [-0.2, -0.15) is 0 Å². The largest absolute Gasteiger partial charge is 0.481 e. The quantitative estimate of drug-likeness (QED) is 0.899. The minimum atomic E-state index is -3.77. The Kier molecular flexibility index (Phi) is 4.23. The van der Waals surface area contributed by atoms with Crippen molar-refractivity contribution >= 4 is 21.7 Å². The van der Waals surface area contributed by atoms with Crippen LogP contribution in [0.5, 0.6) is 0 Å². The van der Waals surface area contributed by atoms with Gasteiger partial charge in [0.05, 0.1) is 11.3 Å². The van der Waals surface area contributed by atoms with Crippen LogP contribution >= 0.6 is 0 Å². The van der Waals surface area contributed by atoms with Crippen LogP contribution in [0.3, 0.4) is 0 Å². The smallest absolute Gasteiger partial charge is 0.307 e. The van der Waals surface area contributed by atoms with Gasteiger partial charge in [0, 0.05) is 7.05 Å². The van der Waals surface area contributed by atoms with Crippen molar-refractivity contribution in [2.24, 2.45) is 0 Å². The maximum Gasteiger partial charge on any atom is 0.307 e. The van der Waals surface area contributed by atoms with E-state index < -0.39 is 16.0 Å². The van der Waals surface area contributed by atoms with Crippen LogP contribution in [0.2, 0.25) is 0 Å². The zero-order valence-corrected chi connectivity index (χ0v) is 13.2. The zero-order chi connectivity index (χ0) is 16.5. The summed E-state index contributed by atoms with van der Waals surface area (Å²) in [5, 5.41) is 12.5. The molecule has 0 unspecified atom stereocenters. The predicted octanol–water partition coefficient (Wildman–Crippen LogP) is 1.74. The number of aliphatic carboxylic acids is 1. The molecule has 7 nitrogen and oxygen atoms in total. The van der Waals surface area contributed by atoms with Gasteiger partial charge in [0.15, 0.2) is 5.76 Å². The van der Waals surface area contributed by atoms with E-state index >= 15 is 0 Å². The Balaban J connectivity index is 2.36. The Bertz CT molecular complexity index is 774. The van der Waals surface area contributed by atoms with Crippen molar-refractivity contribution in [1.29, 1.82) is 0 Å². The number of benzene rings is 1. The van der Waals surface area contributed by atoms with Gasteiger partial charge in [-0.25, -0.2) is 8.42 Å². The molecule has 0 bridgehead atoms. The fourth-order valence-electron chi connectivity index (χ4n) is 2.16. The van der Waals surface area contributed by atoms with Gasteiger partial charge < -0.3 is 9.63 Å². The first-order valence-electron chi connectivity index (χ1n) is 6.46. The first kappa shape index (κ1) is 16.0. The maximum absolute atomic E-state index is 12.6. The van der Waals surface area contributed by atoms with E-state index in [4.69, 9.17) is 9.63 Å². The summed E-state index contributed by atoms with van der Waals surface area (Å²) < 4.78 is 31.3. The van der Waals surface area contributed by atoms with Crippen molar-refractivity contribution in [2.45, 2.75) is 25.2 Å². The van der Waals surface area contributed by atoms with Gasteiger partial charge in [-0.15, -0.1) is 0 Å². The van der Waals surface area contributed by atoms with E-state index in [1.54, 1.807) is 13.8 Å². The van der Waals surface area contributed by atoms with Crippen LogP contribution in [0.25, 0.3) is 0 Å². The number of anilines is 1. The summed E-state index contributed by atoms with van der Waals surface area (Å²) >= 11 is 0. The molecular weight excluding hydrogens is 308 g/mol. The van der Waals surface area contributed by atoms with Crippen LogP contribution in [-0.4, -0.2) is 31.7 Å². The molecule has 0 aliphatic carbocycles. The fraction of sp³-hybridized carbons (Fsp3) is 0.286. The number of carboxylic acid groups (broad SMARTS) is 1. The molecule has 0 amide bonds. The van der Waals surface area contributed by atoms with Crippen molar-refractivity contribution in [3.63, 3.8) is 0 Å². The second-order valence-electron chi connectivity index (χ2n) is 4.86. The first-order valence-corrected chi connectivity index (χ1v) is 7.90. The van der Waals surface area contributed by atoms with Crippen LogP contribution in [0.4, 0.5) is 5.69 Å². The molecule has 118 valence electrons. The summed E-state index contributed by atoms with van der Waals surface area (Å²) in [6, 6.07) is 5.76. The van der Waals surface area contributed by atoms with Crippen LogP contribution in [0, 0.1) is 13.8 Å². The van der Waals surface area contributed by atoms with Crippen LogP contribution in [-0.2, 0) is 21.2 Å². The van der Waals surface area contributed by atoms with Crippen LogP contribution in [0.1, 0.15) is 17.0 Å². The molecule has 1 aromatic carbocycles. The number of sulfonamides is 1. The van der Waals surface area contributed by atoms with Gasteiger partial charge in [-0.05, 0) is 31.5 Å². The molecule has 0 fully saturated rings. The van der Waals surface area contributed by atoms with Crippen molar-refractivity contribution in [1.82, 2.24) is 5.16 Å². The van der Waals surface area contributed by atoms with E-state index in [-0.39, 0.29) is 11.3 Å². The third-order valence-corrected chi connectivity index (χ3v) is 5.02. The molecule has 1 heterocycles. The van der Waals surface area contributed by atoms with Gasteiger partial charge in [-0.3, -0.25) is 9.10 Å². The second-order valence-corrected chi connectivity index (χ2v) is 6.83. The molecule has 2 aromatic rings. The molecule has 1 aromatic heterocycles. The Morgan fingerprint density at radius 3 is 2.32 bits per heavy atom. The van der Waals surface area contributed by atoms with Crippen LogP contribution < -0.4 is 4.31 Å². The molecule has 0 aliphatic heterocycles. The molecule has 0 atom stereocenters. The van der Waals surface area contributed by atoms with Gasteiger partial charge in [0.25, 0.3) is 10.0 Å². The molecule has 8 heteroatoms. The number of hydrogen-bond donors (Lipinski definition) is 1. The van der Waals surface area contributed by atoms with Gasteiger partial charge in [-0.1, -0.05) is 17.3 Å². The molecule has 0 spiro atoms. The minimum Gasteiger partial charge on any atom is -0.481 e. The predicted molar refractivity (Wildman–Crippen MR) is 79.3 cm³/mol. The highest BCUT2D eigenvalue weighted by Crippen LogP contribution is 2.28. The molecule has 0 aliphatic rings. The third kappa shape index (κ3) is 2.96. The molecular formula is C14H16N2O5S. The fourth-order valence-corrected chi connectivity index (χ4v) is 3.46. The molecule has 1 N–H and O–H groups in total. The Labute approximate surface area is 128 Å². The lowest BCUT2D eigenvalue weighted by atomic mass is 10.2. The number of carbonyl (C=O) groups is 1. The average molecular weight is 324 g/mol. The van der Waals surface area contributed by atoms with Crippen molar-refractivity contribution < 1.29 is 22.8 Å². The van der Waals surface area contributed by atoms with Gasteiger partial charge >= 0.3 is 5.97 Å². The standard InChI is InChI=1S/C14H16N2O5S/c1-9-14(10(2)21-15-9)16(3)22(19,20)12-6-4-11(5-7-12)8-13(17)18/h4-7H,8H2,1-3H3,(H,17,18). The van der Waals surface area contributed by atoms with Crippen molar-refractivity contribution in [3.05, 3.63) is 41.3 Å². The van der Waals surface area contributed by atoms with Gasteiger partial charge in [0.2, 0.25) is 0 Å². The van der Waals surface area contributed by atoms with E-state index in [9.17, 15) is 13.2 Å². The van der Waals surface area contributed by atoms with Crippen molar-refractivity contribution in [3.8, 4) is 0 Å². The summed E-state index contributed by atoms with van der Waals surface area (Å²) in [4.78, 5) is 10.7. The highest BCUT2D eigenvalue weighted by atomic mass is 32.2. The molecule has 2 rings (SSSR count). The zero-order valence-electron chi connectivity index (χ0n) is 12.4. The van der Waals surface area contributed by atoms with Gasteiger partial charge in [0.1, 0.15) is 11.4 Å². The van der Waals surface area contributed by atoms with E-state index in [1.807, 2.05) is 0 Å². The summed E-state index contributed by atoms with van der Waals surface area (Å²) in [5.74, 6) is -0.561. The summed E-state index contributed by atoms with van der Waals surface area (Å²) in [6.45, 7) is 3.30. The lowest BCUT2D eigenvalue weighted by Gasteiger charge is -2.19. The number of aryl methyl sites for hydroxylation is 2. The number of nitrogens with zero attached hydrogens (tertiary/aromatic N) is 2. The number of carboxylic acids is 1. The lowest BCUT2D eigenvalue weighted by molar-refractivity contribution is -0.136. The summed E-state index contributed by atoms with van der Waals surface area (Å²) in [6.07, 6.45) is -0.153. The van der Waals surface area contributed by atoms with Crippen molar-refractivity contribution in [2.75, 3.05) is 11.4 Å².